The number of nitriles is 1. The topological polar surface area (TPSA) is 82.8 Å². The highest BCUT2D eigenvalue weighted by Crippen LogP contribution is 2.27. The van der Waals surface area contributed by atoms with Crippen molar-refractivity contribution in [2.75, 3.05) is 54.4 Å². The van der Waals surface area contributed by atoms with Crippen molar-refractivity contribution in [2.24, 2.45) is 0 Å². The number of piperidine rings is 1. The molecule has 2 aliphatic rings. The molecule has 38 heavy (non-hydrogen) atoms. The van der Waals surface area contributed by atoms with Crippen molar-refractivity contribution < 1.29 is 9.90 Å². The van der Waals surface area contributed by atoms with E-state index in [2.05, 4.69) is 28.1 Å². The molecule has 0 saturated carbocycles. The average Bonchev–Trinajstić information content (AvgIpc) is 2.98. The number of carbonyl (C=O) groups is 1. The van der Waals surface area contributed by atoms with E-state index in [9.17, 15) is 15.2 Å². The van der Waals surface area contributed by atoms with E-state index >= 15 is 0 Å². The number of nitrogens with one attached hydrogen (secondary N) is 1. The first-order chi connectivity index (χ1) is 18.6. The molecule has 196 valence electrons. The van der Waals surface area contributed by atoms with Gasteiger partial charge in [-0.05, 0) is 61.7 Å². The Balaban J connectivity index is 1.22. The molecule has 2 saturated heterocycles. The van der Waals surface area contributed by atoms with Gasteiger partial charge in [-0.3, -0.25) is 4.79 Å². The maximum Gasteiger partial charge on any atom is 0.254 e. The Morgan fingerprint density at radius 3 is 2.47 bits per heavy atom. The molecule has 7 heteroatoms. The zero-order chi connectivity index (χ0) is 26.5. The van der Waals surface area contributed by atoms with E-state index in [4.69, 9.17) is 0 Å². The molecule has 3 aromatic carbocycles. The average molecular weight is 510 g/mol. The van der Waals surface area contributed by atoms with E-state index in [-0.39, 0.29) is 18.6 Å². The van der Waals surface area contributed by atoms with E-state index in [1.54, 1.807) is 0 Å². The number of piperazine rings is 1. The van der Waals surface area contributed by atoms with Crippen molar-refractivity contribution in [1.29, 1.82) is 5.26 Å². The number of nitrogens with zero attached hydrogens (tertiary/aromatic N) is 4. The maximum absolute atomic E-state index is 13.5. The second-order valence-corrected chi connectivity index (χ2v) is 10.2. The van der Waals surface area contributed by atoms with Gasteiger partial charge in [-0.25, -0.2) is 0 Å². The summed E-state index contributed by atoms with van der Waals surface area (Å²) in [5.41, 5.74) is 5.57. The molecule has 2 N–H and O–H groups in total. The minimum absolute atomic E-state index is 0.00198. The van der Waals surface area contributed by atoms with Crippen LogP contribution < -0.4 is 15.1 Å². The Morgan fingerprint density at radius 2 is 1.74 bits per heavy atom. The Labute approximate surface area is 224 Å². The van der Waals surface area contributed by atoms with Crippen LogP contribution in [0.3, 0.4) is 0 Å². The van der Waals surface area contributed by atoms with Gasteiger partial charge < -0.3 is 25.1 Å². The Bertz CT molecular complexity index is 1300. The van der Waals surface area contributed by atoms with Crippen molar-refractivity contribution in [1.82, 2.24) is 4.90 Å². The number of para-hydroxylation sites is 2. The first kappa shape index (κ1) is 25.6. The predicted octanol–water partition coefficient (Wildman–Crippen LogP) is 4.27. The van der Waals surface area contributed by atoms with Crippen molar-refractivity contribution in [2.45, 2.75) is 31.8 Å². The van der Waals surface area contributed by atoms with Gasteiger partial charge in [-0.2, -0.15) is 5.26 Å². The van der Waals surface area contributed by atoms with Crippen LogP contribution in [0.2, 0.25) is 0 Å². The fourth-order valence-corrected chi connectivity index (χ4v) is 5.58. The number of anilines is 3. The van der Waals surface area contributed by atoms with Gasteiger partial charge in [0.15, 0.2) is 0 Å². The van der Waals surface area contributed by atoms with Gasteiger partial charge in [-0.1, -0.05) is 36.4 Å². The third-order valence-electron chi connectivity index (χ3n) is 7.77. The summed E-state index contributed by atoms with van der Waals surface area (Å²) in [4.78, 5) is 19.8. The molecule has 1 atom stereocenters. The number of aryl methyl sites for hydroxylation is 1. The molecule has 2 fully saturated rings. The fraction of sp³-hybridized carbons (Fsp3) is 0.355. The highest BCUT2D eigenvalue weighted by molar-refractivity contribution is 5.95. The second kappa shape index (κ2) is 11.6. The lowest BCUT2D eigenvalue weighted by atomic mass is 10.0. The Hall–Kier alpha value is -4.02. The monoisotopic (exact) mass is 509 g/mol. The fourth-order valence-electron chi connectivity index (χ4n) is 5.58. The lowest BCUT2D eigenvalue weighted by molar-refractivity contribution is 0.0699. The van der Waals surface area contributed by atoms with Crippen LogP contribution in [0.15, 0.2) is 72.8 Å². The first-order valence-corrected chi connectivity index (χ1v) is 13.4. The molecule has 0 bridgehead atoms. The molecule has 0 aliphatic carbocycles. The van der Waals surface area contributed by atoms with Gasteiger partial charge in [0.2, 0.25) is 0 Å². The van der Waals surface area contributed by atoms with Gasteiger partial charge in [0.1, 0.15) is 6.07 Å². The SMILES string of the molecule is Cc1ccc(C(=O)N2CCN(c3ccccc3)C(CO)C2)cc1NC1CCN(c2ccccc2C#N)CC1. The van der Waals surface area contributed by atoms with Crippen LogP contribution in [-0.4, -0.2) is 67.3 Å². The van der Waals surface area contributed by atoms with Crippen LogP contribution in [0, 0.1) is 18.3 Å². The number of benzene rings is 3. The molecular weight excluding hydrogens is 474 g/mol. The van der Waals surface area contributed by atoms with Crippen LogP contribution >= 0.6 is 0 Å². The molecule has 5 rings (SSSR count). The number of amides is 1. The van der Waals surface area contributed by atoms with Gasteiger partial charge >= 0.3 is 0 Å². The van der Waals surface area contributed by atoms with E-state index in [1.165, 1.54) is 0 Å². The van der Waals surface area contributed by atoms with Crippen molar-refractivity contribution in [3.63, 3.8) is 0 Å². The molecule has 1 amide bonds. The zero-order valence-electron chi connectivity index (χ0n) is 21.9. The van der Waals surface area contributed by atoms with Crippen molar-refractivity contribution in [3.8, 4) is 6.07 Å². The lowest BCUT2D eigenvalue weighted by Gasteiger charge is -2.42. The lowest BCUT2D eigenvalue weighted by Crippen LogP contribution is -2.56. The first-order valence-electron chi connectivity index (χ1n) is 13.4. The van der Waals surface area contributed by atoms with Crippen molar-refractivity contribution >= 4 is 23.0 Å². The molecule has 0 radical (unpaired) electrons. The summed E-state index contributed by atoms with van der Waals surface area (Å²) in [6, 6.07) is 26.2. The van der Waals surface area contributed by atoms with E-state index in [1.807, 2.05) is 77.7 Å². The summed E-state index contributed by atoms with van der Waals surface area (Å²) >= 11 is 0. The van der Waals surface area contributed by atoms with Gasteiger partial charge in [-0.15, -0.1) is 0 Å². The quantitative estimate of drug-likeness (QED) is 0.517. The number of rotatable bonds is 6. The zero-order valence-corrected chi connectivity index (χ0v) is 21.9. The van der Waals surface area contributed by atoms with Crippen LogP contribution in [0.4, 0.5) is 17.1 Å². The van der Waals surface area contributed by atoms with Gasteiger partial charge in [0, 0.05) is 55.7 Å². The summed E-state index contributed by atoms with van der Waals surface area (Å²) in [7, 11) is 0. The molecular formula is C31H35N5O2. The maximum atomic E-state index is 13.5. The van der Waals surface area contributed by atoms with E-state index in [0.29, 0.717) is 36.8 Å². The highest BCUT2D eigenvalue weighted by atomic mass is 16.3. The van der Waals surface area contributed by atoms with Crippen LogP contribution in [-0.2, 0) is 0 Å². The van der Waals surface area contributed by atoms with Crippen LogP contribution in [0.1, 0.15) is 34.3 Å². The minimum atomic E-state index is -0.130. The second-order valence-electron chi connectivity index (χ2n) is 10.2. The molecule has 7 nitrogen and oxygen atoms in total. The molecule has 0 spiro atoms. The van der Waals surface area contributed by atoms with E-state index < -0.39 is 0 Å². The number of aliphatic hydroxyl groups excluding tert-OH is 1. The number of aliphatic hydroxyl groups is 1. The van der Waals surface area contributed by atoms with Crippen LogP contribution in [0.5, 0.6) is 0 Å². The third kappa shape index (κ3) is 5.46. The number of hydrogen-bond donors (Lipinski definition) is 2. The summed E-state index contributed by atoms with van der Waals surface area (Å²) in [5, 5.41) is 23.2. The molecule has 1 unspecified atom stereocenters. The highest BCUT2D eigenvalue weighted by Gasteiger charge is 2.30. The van der Waals surface area contributed by atoms with Crippen LogP contribution in [0.25, 0.3) is 0 Å². The largest absolute Gasteiger partial charge is 0.394 e. The summed E-state index contributed by atoms with van der Waals surface area (Å²) < 4.78 is 0. The number of hydrogen-bond acceptors (Lipinski definition) is 6. The summed E-state index contributed by atoms with van der Waals surface area (Å²) in [6.07, 6.45) is 1.91. The smallest absolute Gasteiger partial charge is 0.254 e. The third-order valence-corrected chi connectivity index (χ3v) is 7.77. The normalized spacial score (nSPS) is 18.2. The molecule has 2 heterocycles. The van der Waals surface area contributed by atoms with Gasteiger partial charge in [0.25, 0.3) is 5.91 Å². The summed E-state index contributed by atoms with van der Waals surface area (Å²) in [6.45, 7) is 5.61. The summed E-state index contributed by atoms with van der Waals surface area (Å²) in [5.74, 6) is 0.00198. The van der Waals surface area contributed by atoms with Gasteiger partial charge in [0.05, 0.1) is 23.9 Å². The Morgan fingerprint density at radius 1 is 1.00 bits per heavy atom. The Kier molecular flexibility index (Phi) is 7.81. The standard InChI is InChI=1S/C31H35N5O2/c1-23-11-12-24(31(38)35-17-18-36(28(21-35)22-37)27-8-3-2-4-9-27)19-29(23)33-26-13-15-34(16-14-26)30-10-6-5-7-25(30)20-32/h2-12,19,26,28,33,37H,13-18,21-22H2,1H3. The predicted molar refractivity (Wildman–Crippen MR) is 152 cm³/mol. The van der Waals surface area contributed by atoms with Crippen molar-refractivity contribution in [3.05, 3.63) is 89.5 Å². The minimum Gasteiger partial charge on any atom is -0.394 e. The molecule has 0 aromatic heterocycles. The van der Waals surface area contributed by atoms with E-state index in [0.717, 1.165) is 48.6 Å². The molecule has 3 aromatic rings. The number of carbonyl (C=O) groups excluding carboxylic acids is 1. The molecule has 2 aliphatic heterocycles.